The summed E-state index contributed by atoms with van der Waals surface area (Å²) in [4.78, 5) is 29.2. The number of carbonyl (C=O) groups is 1. The molecular weight excluding hydrogens is 320 g/mol. The average Bonchev–Trinajstić information content (AvgIpc) is 2.93. The van der Waals surface area contributed by atoms with Crippen molar-refractivity contribution in [1.29, 1.82) is 0 Å². The maximum atomic E-state index is 12.3. The van der Waals surface area contributed by atoms with Crippen LogP contribution >= 0.6 is 0 Å². The fourth-order valence-electron chi connectivity index (χ4n) is 2.71. The van der Waals surface area contributed by atoms with E-state index in [9.17, 15) is 4.79 Å². The highest BCUT2D eigenvalue weighted by Gasteiger charge is 2.22. The van der Waals surface area contributed by atoms with E-state index < -0.39 is 0 Å². The molecule has 0 aromatic carbocycles. The van der Waals surface area contributed by atoms with Gasteiger partial charge in [-0.05, 0) is 13.8 Å². The van der Waals surface area contributed by atoms with E-state index in [-0.39, 0.29) is 6.03 Å². The predicted octanol–water partition coefficient (Wildman–Crippen LogP) is 1.99. The summed E-state index contributed by atoms with van der Waals surface area (Å²) in [5.41, 5.74) is 1.56. The minimum atomic E-state index is -0.115. The Morgan fingerprint density at radius 3 is 2.44 bits per heavy atom. The first-order valence-electron chi connectivity index (χ1n) is 8.57. The van der Waals surface area contributed by atoms with Gasteiger partial charge >= 0.3 is 6.03 Å². The van der Waals surface area contributed by atoms with Gasteiger partial charge in [-0.15, -0.1) is 0 Å². The van der Waals surface area contributed by atoms with E-state index in [0.717, 1.165) is 42.7 Å². The van der Waals surface area contributed by atoms with Gasteiger partial charge in [0.15, 0.2) is 0 Å². The number of amides is 2. The van der Waals surface area contributed by atoms with Crippen molar-refractivity contribution in [2.75, 3.05) is 31.5 Å². The maximum Gasteiger partial charge on any atom is 0.322 e. The zero-order valence-electron chi connectivity index (χ0n) is 14.9. The number of nitrogens with one attached hydrogen (secondary N) is 1. The predicted molar refractivity (Wildman–Crippen MR) is 93.3 cm³/mol. The topological polar surface area (TPSA) is 87.4 Å². The lowest BCUT2D eigenvalue weighted by atomic mass is 10.3. The zero-order chi connectivity index (χ0) is 17.8. The van der Waals surface area contributed by atoms with Gasteiger partial charge < -0.3 is 14.6 Å². The Balaban J connectivity index is 1.48. The summed E-state index contributed by atoms with van der Waals surface area (Å²) in [5.74, 6) is 2.37. The molecule has 3 rings (SSSR count). The monoisotopic (exact) mass is 344 g/mol. The molecule has 2 amide bonds. The summed E-state index contributed by atoms with van der Waals surface area (Å²) in [6.07, 6.45) is 4.07. The lowest BCUT2D eigenvalue weighted by Crippen LogP contribution is -2.49. The number of rotatable bonds is 4. The van der Waals surface area contributed by atoms with Gasteiger partial charge in [0.1, 0.15) is 11.6 Å². The summed E-state index contributed by atoms with van der Waals surface area (Å²) in [6, 6.07) is -0.115. The van der Waals surface area contributed by atoms with Crippen LogP contribution in [0.3, 0.4) is 0 Å². The number of hydrogen-bond donors (Lipinski definition) is 1. The normalized spacial score (nSPS) is 15.4. The molecule has 1 N–H and O–H groups in total. The maximum absolute atomic E-state index is 12.3. The molecule has 3 heterocycles. The summed E-state index contributed by atoms with van der Waals surface area (Å²) < 4.78 is 5.63. The highest BCUT2D eigenvalue weighted by atomic mass is 16.4. The molecule has 0 saturated carbocycles. The van der Waals surface area contributed by atoms with Gasteiger partial charge in [-0.2, -0.15) is 0 Å². The van der Waals surface area contributed by atoms with E-state index in [1.165, 1.54) is 0 Å². The molecule has 134 valence electrons. The number of aryl methyl sites for hydroxylation is 3. The van der Waals surface area contributed by atoms with Crippen LogP contribution in [0.2, 0.25) is 0 Å². The molecule has 0 aliphatic carbocycles. The zero-order valence-corrected chi connectivity index (χ0v) is 14.9. The molecule has 2 aromatic heterocycles. The molecule has 8 nitrogen and oxygen atoms in total. The average molecular weight is 344 g/mol. The first kappa shape index (κ1) is 17.3. The second-order valence-corrected chi connectivity index (χ2v) is 6.18. The van der Waals surface area contributed by atoms with Crippen molar-refractivity contribution in [3.05, 3.63) is 35.6 Å². The van der Waals surface area contributed by atoms with E-state index in [2.05, 4.69) is 25.2 Å². The molecular formula is C17H24N6O2. The molecule has 1 saturated heterocycles. The smallest absolute Gasteiger partial charge is 0.322 e. The van der Waals surface area contributed by atoms with Crippen molar-refractivity contribution < 1.29 is 9.21 Å². The van der Waals surface area contributed by atoms with Crippen LogP contribution in [0.1, 0.15) is 30.1 Å². The second-order valence-electron chi connectivity index (χ2n) is 6.18. The van der Waals surface area contributed by atoms with Gasteiger partial charge in [-0.1, -0.05) is 6.92 Å². The minimum Gasteiger partial charge on any atom is -0.444 e. The number of hydrogen-bond acceptors (Lipinski definition) is 6. The number of aromatic nitrogens is 3. The van der Waals surface area contributed by atoms with E-state index in [0.29, 0.717) is 25.3 Å². The van der Waals surface area contributed by atoms with E-state index in [1.807, 2.05) is 20.8 Å². The van der Waals surface area contributed by atoms with Crippen molar-refractivity contribution in [3.63, 3.8) is 0 Å². The third kappa shape index (κ3) is 4.33. The van der Waals surface area contributed by atoms with Crippen LogP contribution in [0.25, 0.3) is 0 Å². The molecule has 1 fully saturated rings. The fraction of sp³-hybridized carbons (Fsp3) is 0.529. The third-order valence-electron chi connectivity index (χ3n) is 4.36. The van der Waals surface area contributed by atoms with Crippen molar-refractivity contribution in [2.24, 2.45) is 0 Å². The SMILES string of the molecule is CCc1ncc(NC(=O)N2CCN(Cc3nc(C)c(C)o3)CC2)cn1. The van der Waals surface area contributed by atoms with Crippen LogP contribution in [-0.2, 0) is 13.0 Å². The molecule has 8 heteroatoms. The standard InChI is InChI=1S/C17H24N6O2/c1-4-15-18-9-14(10-19-15)21-17(24)23-7-5-22(6-8-23)11-16-20-12(2)13(3)25-16/h9-10H,4-8,11H2,1-3H3,(H,21,24). The fourth-order valence-corrected chi connectivity index (χ4v) is 2.71. The van der Waals surface area contributed by atoms with Gasteiger partial charge in [-0.3, -0.25) is 4.90 Å². The lowest BCUT2D eigenvalue weighted by Gasteiger charge is -2.33. The number of piperazine rings is 1. The molecule has 1 aliphatic heterocycles. The number of oxazole rings is 1. The Morgan fingerprint density at radius 2 is 1.88 bits per heavy atom. The Hall–Kier alpha value is -2.48. The lowest BCUT2D eigenvalue weighted by molar-refractivity contribution is 0.135. The second kappa shape index (κ2) is 7.60. The Morgan fingerprint density at radius 1 is 1.20 bits per heavy atom. The molecule has 0 bridgehead atoms. The molecule has 1 aliphatic rings. The molecule has 0 unspecified atom stereocenters. The van der Waals surface area contributed by atoms with Crippen LogP contribution in [0.15, 0.2) is 16.8 Å². The molecule has 25 heavy (non-hydrogen) atoms. The Bertz CT molecular complexity index is 700. The van der Waals surface area contributed by atoms with Gasteiger partial charge in [0, 0.05) is 32.6 Å². The number of anilines is 1. The number of urea groups is 1. The first-order valence-corrected chi connectivity index (χ1v) is 8.57. The molecule has 0 spiro atoms. The highest BCUT2D eigenvalue weighted by molar-refractivity contribution is 5.89. The largest absolute Gasteiger partial charge is 0.444 e. The number of nitrogens with zero attached hydrogens (tertiary/aromatic N) is 5. The summed E-state index contributed by atoms with van der Waals surface area (Å²) in [7, 11) is 0. The summed E-state index contributed by atoms with van der Waals surface area (Å²) in [5, 5.41) is 2.85. The third-order valence-corrected chi connectivity index (χ3v) is 4.36. The number of carbonyl (C=O) groups excluding carboxylic acids is 1. The molecule has 0 atom stereocenters. The van der Waals surface area contributed by atoms with Crippen LogP contribution in [0.5, 0.6) is 0 Å². The van der Waals surface area contributed by atoms with Gasteiger partial charge in [0.25, 0.3) is 0 Å². The van der Waals surface area contributed by atoms with Crippen molar-refractivity contribution in [3.8, 4) is 0 Å². The van der Waals surface area contributed by atoms with Crippen LogP contribution in [0.4, 0.5) is 10.5 Å². The highest BCUT2D eigenvalue weighted by Crippen LogP contribution is 2.13. The summed E-state index contributed by atoms with van der Waals surface area (Å²) in [6.45, 7) is 9.45. The molecule has 0 radical (unpaired) electrons. The first-order chi connectivity index (χ1) is 12.0. The molecule has 2 aromatic rings. The Labute approximate surface area is 147 Å². The van der Waals surface area contributed by atoms with Crippen molar-refractivity contribution in [1.82, 2.24) is 24.8 Å². The van der Waals surface area contributed by atoms with Gasteiger partial charge in [-0.25, -0.2) is 19.7 Å². The van der Waals surface area contributed by atoms with E-state index in [1.54, 1.807) is 17.3 Å². The minimum absolute atomic E-state index is 0.115. The Kier molecular flexibility index (Phi) is 5.28. The van der Waals surface area contributed by atoms with Crippen LogP contribution < -0.4 is 5.32 Å². The van der Waals surface area contributed by atoms with Crippen molar-refractivity contribution >= 4 is 11.7 Å². The summed E-state index contributed by atoms with van der Waals surface area (Å²) >= 11 is 0. The van der Waals surface area contributed by atoms with E-state index in [4.69, 9.17) is 4.42 Å². The quantitative estimate of drug-likeness (QED) is 0.913. The van der Waals surface area contributed by atoms with Crippen LogP contribution in [-0.4, -0.2) is 57.0 Å². The van der Waals surface area contributed by atoms with E-state index >= 15 is 0 Å². The van der Waals surface area contributed by atoms with Crippen LogP contribution in [0, 0.1) is 13.8 Å². The van der Waals surface area contributed by atoms with Gasteiger partial charge in [0.2, 0.25) is 5.89 Å². The van der Waals surface area contributed by atoms with Gasteiger partial charge in [0.05, 0.1) is 30.3 Å². The van der Waals surface area contributed by atoms with Crippen molar-refractivity contribution in [2.45, 2.75) is 33.7 Å².